The Kier molecular flexibility index (Phi) is 3.56. The van der Waals surface area contributed by atoms with Crippen molar-refractivity contribution >= 4 is 11.8 Å². The van der Waals surface area contributed by atoms with E-state index in [1.165, 1.54) is 6.08 Å². The zero-order valence-corrected chi connectivity index (χ0v) is 19.4. The molecule has 0 aliphatic heterocycles. The largest absolute Gasteiger partial charge is 0.458 e. The standard InChI is InChI=1S/C30H40O3/c1-20-18-26-24-12-11-22-19-23(31)14-16-28(22,2)25(24)15-17-29(26,3)30(20,4)33-27(32)13-10-21-8-6-5-7-9-21/h5-9,19-20,24-26H,10-18H2,1-4H3/t20?,24-,25+,26+,28+,29+,30+/m1/s1/i2D3,3D3,4D3. The lowest BCUT2D eigenvalue weighted by molar-refractivity contribution is -0.186. The molecule has 5 rings (SSSR count). The van der Waals surface area contributed by atoms with E-state index in [2.05, 4.69) is 0 Å². The van der Waals surface area contributed by atoms with Crippen molar-refractivity contribution in [3.63, 3.8) is 0 Å². The smallest absolute Gasteiger partial charge is 0.306 e. The van der Waals surface area contributed by atoms with Crippen molar-refractivity contribution in [1.82, 2.24) is 0 Å². The Hall–Kier alpha value is -1.90. The number of esters is 1. The normalized spacial score (nSPS) is 47.2. The van der Waals surface area contributed by atoms with Crippen LogP contribution < -0.4 is 0 Å². The fourth-order valence-corrected chi connectivity index (χ4v) is 7.50. The van der Waals surface area contributed by atoms with Gasteiger partial charge in [-0.15, -0.1) is 0 Å². The second kappa shape index (κ2) is 8.10. The summed E-state index contributed by atoms with van der Waals surface area (Å²) in [6, 6.07) is 9.26. The van der Waals surface area contributed by atoms with E-state index < -0.39 is 60.7 Å². The second-order valence-corrected chi connectivity index (χ2v) is 10.9. The van der Waals surface area contributed by atoms with Gasteiger partial charge in [-0.2, -0.15) is 0 Å². The number of carbonyl (C=O) groups excluding carboxylic acids is 2. The fourth-order valence-electron chi connectivity index (χ4n) is 7.50. The monoisotopic (exact) mass is 457 g/mol. The van der Waals surface area contributed by atoms with Crippen LogP contribution in [0.2, 0.25) is 0 Å². The van der Waals surface area contributed by atoms with Gasteiger partial charge in [-0.3, -0.25) is 9.59 Å². The van der Waals surface area contributed by atoms with Crippen LogP contribution in [0.5, 0.6) is 0 Å². The van der Waals surface area contributed by atoms with E-state index in [1.54, 1.807) is 6.92 Å². The molecule has 3 fully saturated rings. The highest BCUT2D eigenvalue weighted by Gasteiger charge is 2.66. The van der Waals surface area contributed by atoms with E-state index in [9.17, 15) is 9.59 Å². The summed E-state index contributed by atoms with van der Waals surface area (Å²) in [6.07, 6.45) is 3.14. The van der Waals surface area contributed by atoms with Gasteiger partial charge in [-0.05, 0) is 92.5 Å². The summed E-state index contributed by atoms with van der Waals surface area (Å²) in [6.45, 7) is -6.44. The fraction of sp³-hybridized carbons (Fsp3) is 0.667. The van der Waals surface area contributed by atoms with E-state index in [0.717, 1.165) is 5.56 Å². The Morgan fingerprint density at radius 1 is 1.09 bits per heavy atom. The predicted molar refractivity (Wildman–Crippen MR) is 131 cm³/mol. The number of hydrogen-bond donors (Lipinski definition) is 0. The number of ketones is 1. The number of allylic oxidation sites excluding steroid dienone is 1. The molecule has 1 unspecified atom stereocenters. The second-order valence-electron chi connectivity index (χ2n) is 10.9. The topological polar surface area (TPSA) is 43.4 Å². The minimum atomic E-state index is -2.93. The number of fused-ring (bicyclic) bond motifs is 5. The maximum absolute atomic E-state index is 13.4. The van der Waals surface area contributed by atoms with Gasteiger partial charge in [0.25, 0.3) is 0 Å². The third-order valence-corrected chi connectivity index (χ3v) is 9.27. The molecule has 7 atom stereocenters. The Morgan fingerprint density at radius 3 is 2.70 bits per heavy atom. The van der Waals surface area contributed by atoms with Gasteiger partial charge in [0.05, 0.1) is 0 Å². The number of aryl methyl sites for hydroxylation is 1. The van der Waals surface area contributed by atoms with Gasteiger partial charge in [-0.1, -0.05) is 56.5 Å². The minimum Gasteiger partial charge on any atom is -0.458 e. The lowest BCUT2D eigenvalue weighted by Crippen LogP contribution is -2.56. The quantitative estimate of drug-likeness (QED) is 0.473. The van der Waals surface area contributed by atoms with Crippen molar-refractivity contribution in [3.8, 4) is 0 Å². The van der Waals surface area contributed by atoms with Crippen molar-refractivity contribution in [3.05, 3.63) is 47.5 Å². The van der Waals surface area contributed by atoms with Crippen LogP contribution in [0.3, 0.4) is 0 Å². The first-order valence-electron chi connectivity index (χ1n) is 16.9. The molecule has 33 heavy (non-hydrogen) atoms. The highest BCUT2D eigenvalue weighted by molar-refractivity contribution is 5.91. The molecule has 178 valence electrons. The third kappa shape index (κ3) is 3.53. The van der Waals surface area contributed by atoms with E-state index >= 15 is 0 Å². The summed E-state index contributed by atoms with van der Waals surface area (Å²) in [5, 5.41) is 0. The molecule has 1 aromatic carbocycles. The molecule has 0 bridgehead atoms. The molecule has 0 spiro atoms. The lowest BCUT2D eigenvalue weighted by atomic mass is 9.46. The van der Waals surface area contributed by atoms with Crippen molar-refractivity contribution < 1.29 is 26.7 Å². The van der Waals surface area contributed by atoms with Gasteiger partial charge in [-0.25, -0.2) is 0 Å². The Morgan fingerprint density at radius 2 is 1.94 bits per heavy atom. The van der Waals surface area contributed by atoms with Gasteiger partial charge in [0.1, 0.15) is 5.60 Å². The number of carbonyl (C=O) groups is 2. The van der Waals surface area contributed by atoms with Crippen LogP contribution in [0.15, 0.2) is 42.0 Å². The zero-order valence-electron chi connectivity index (χ0n) is 28.4. The summed E-state index contributed by atoms with van der Waals surface area (Å²) >= 11 is 0. The van der Waals surface area contributed by atoms with Gasteiger partial charge in [0, 0.05) is 30.6 Å². The molecule has 3 saturated carbocycles. The maximum Gasteiger partial charge on any atom is 0.306 e. The molecule has 0 aromatic heterocycles. The average Bonchev–Trinajstić information content (AvgIpc) is 3.16. The molecular weight excluding hydrogens is 408 g/mol. The third-order valence-electron chi connectivity index (χ3n) is 9.27. The number of ether oxygens (including phenoxy) is 1. The molecule has 0 saturated heterocycles. The maximum atomic E-state index is 13.4. The predicted octanol–water partition coefficient (Wildman–Crippen LogP) is 6.70. The number of hydrogen-bond acceptors (Lipinski definition) is 3. The highest BCUT2D eigenvalue weighted by Crippen LogP contribution is 2.69. The van der Waals surface area contributed by atoms with Gasteiger partial charge in [0.2, 0.25) is 0 Å². The van der Waals surface area contributed by atoms with Gasteiger partial charge < -0.3 is 4.74 Å². The summed E-state index contributed by atoms with van der Waals surface area (Å²) in [7, 11) is 0. The first kappa shape index (κ1) is 14.5. The summed E-state index contributed by atoms with van der Waals surface area (Å²) in [5.41, 5.74) is -3.85. The molecule has 1 aromatic rings. The first-order valence-corrected chi connectivity index (χ1v) is 12.4. The molecule has 4 aliphatic rings. The van der Waals surface area contributed by atoms with E-state index in [4.69, 9.17) is 17.1 Å². The molecule has 0 radical (unpaired) electrons. The molecule has 0 N–H and O–H groups in total. The summed E-state index contributed by atoms with van der Waals surface area (Å²) < 4.78 is 84.7. The van der Waals surface area contributed by atoms with Crippen LogP contribution >= 0.6 is 0 Å². The highest BCUT2D eigenvalue weighted by atomic mass is 16.6. The average molecular weight is 458 g/mol. The van der Waals surface area contributed by atoms with Crippen molar-refractivity contribution in [2.75, 3.05) is 0 Å². The molecule has 0 amide bonds. The van der Waals surface area contributed by atoms with Crippen molar-refractivity contribution in [2.24, 2.45) is 34.5 Å². The van der Waals surface area contributed by atoms with Crippen molar-refractivity contribution in [2.45, 2.75) is 90.9 Å². The zero-order chi connectivity index (χ0) is 30.9. The minimum absolute atomic E-state index is 0.0886. The lowest BCUT2D eigenvalue weighted by Gasteiger charge is -2.59. The van der Waals surface area contributed by atoms with Gasteiger partial charge in [0.15, 0.2) is 5.78 Å². The first-order chi connectivity index (χ1) is 19.4. The Bertz CT molecular complexity index is 1250. The number of benzene rings is 1. The Labute approximate surface area is 212 Å². The molecule has 3 heteroatoms. The Balaban J connectivity index is 1.58. The van der Waals surface area contributed by atoms with Crippen LogP contribution in [-0.2, 0) is 20.7 Å². The van der Waals surface area contributed by atoms with Crippen LogP contribution in [-0.4, -0.2) is 17.4 Å². The van der Waals surface area contributed by atoms with Crippen LogP contribution in [0.25, 0.3) is 0 Å². The number of rotatable bonds is 4. The molecule has 4 aliphatic carbocycles. The molecule has 3 nitrogen and oxygen atoms in total. The molecule has 0 heterocycles. The van der Waals surface area contributed by atoms with Gasteiger partial charge >= 0.3 is 5.97 Å². The van der Waals surface area contributed by atoms with E-state index in [0.29, 0.717) is 24.8 Å². The molecular formula is C30H40O3. The van der Waals surface area contributed by atoms with Crippen LogP contribution in [0.1, 0.15) is 96.7 Å². The van der Waals surface area contributed by atoms with Crippen LogP contribution in [0.4, 0.5) is 0 Å². The summed E-state index contributed by atoms with van der Waals surface area (Å²) in [5.74, 6) is -3.12. The SMILES string of the molecule is [2H]C([2H])([2H])[C@]1(OC(=O)CCc2ccccc2)C(C)C[C@H]2[C@@H]3CCC4=CC(=O)CC[C@]4(C([2H])([2H])[2H])[C@H]3CC[C@@]21C([2H])([2H])[2H]. The van der Waals surface area contributed by atoms with Crippen LogP contribution in [0, 0.1) is 34.5 Å². The van der Waals surface area contributed by atoms with E-state index in [-0.39, 0.29) is 50.2 Å². The van der Waals surface area contributed by atoms with E-state index in [1.807, 2.05) is 30.3 Å². The summed E-state index contributed by atoms with van der Waals surface area (Å²) in [4.78, 5) is 25.8. The van der Waals surface area contributed by atoms with Crippen molar-refractivity contribution in [1.29, 1.82) is 0 Å².